The van der Waals surface area contributed by atoms with Crippen LogP contribution in [0.2, 0.25) is 0 Å². The largest absolute Gasteiger partial charge is 0.497 e. The molecule has 1 heterocycles. The molecule has 0 fully saturated rings. The van der Waals surface area contributed by atoms with Crippen LogP contribution in [0, 0.1) is 0 Å². The number of hydrogen-bond acceptors (Lipinski definition) is 4. The van der Waals surface area contributed by atoms with Gasteiger partial charge in [0, 0.05) is 6.07 Å². The molecule has 1 aromatic heterocycles. The second-order valence-corrected chi connectivity index (χ2v) is 5.10. The van der Waals surface area contributed by atoms with Gasteiger partial charge in [-0.1, -0.05) is 23.7 Å². The van der Waals surface area contributed by atoms with Gasteiger partial charge < -0.3 is 10.5 Å². The minimum atomic E-state index is -0.0440. The number of aromatic nitrogens is 1. The third kappa shape index (κ3) is 1.88. The van der Waals surface area contributed by atoms with Gasteiger partial charge in [-0.3, -0.25) is 4.79 Å². The van der Waals surface area contributed by atoms with Crippen LogP contribution >= 0.6 is 11.5 Å². The SMILES string of the molecule is COc1ccc(-n2sc3ccccc3c2=O)c(N)c1. The average molecular weight is 272 g/mol. The zero-order valence-corrected chi connectivity index (χ0v) is 11.1. The molecular formula is C14H12N2O2S. The fraction of sp³-hybridized carbons (Fsp3) is 0.0714. The second-order valence-electron chi connectivity index (χ2n) is 4.11. The molecule has 0 aliphatic rings. The number of fused-ring (bicyclic) bond motifs is 1. The molecule has 2 N–H and O–H groups in total. The van der Waals surface area contributed by atoms with Crippen molar-refractivity contribution in [2.24, 2.45) is 0 Å². The summed E-state index contributed by atoms with van der Waals surface area (Å²) in [5.74, 6) is 0.676. The van der Waals surface area contributed by atoms with Crippen LogP contribution in [0.5, 0.6) is 5.75 Å². The lowest BCUT2D eigenvalue weighted by Crippen LogP contribution is -2.12. The number of anilines is 1. The first-order valence-electron chi connectivity index (χ1n) is 5.75. The normalized spacial score (nSPS) is 10.8. The first-order chi connectivity index (χ1) is 9.20. The molecule has 96 valence electrons. The van der Waals surface area contributed by atoms with E-state index in [4.69, 9.17) is 10.5 Å². The molecule has 0 saturated heterocycles. The molecule has 0 bridgehead atoms. The molecule has 0 aliphatic carbocycles. The number of nitrogen functional groups attached to an aromatic ring is 1. The molecule has 19 heavy (non-hydrogen) atoms. The van der Waals surface area contributed by atoms with Gasteiger partial charge in [0.1, 0.15) is 5.75 Å². The van der Waals surface area contributed by atoms with Crippen molar-refractivity contribution in [3.8, 4) is 11.4 Å². The molecular weight excluding hydrogens is 260 g/mol. The molecule has 0 amide bonds. The summed E-state index contributed by atoms with van der Waals surface area (Å²) in [5.41, 5.74) is 7.15. The van der Waals surface area contributed by atoms with E-state index < -0.39 is 0 Å². The van der Waals surface area contributed by atoms with Crippen molar-refractivity contribution in [1.29, 1.82) is 0 Å². The maximum Gasteiger partial charge on any atom is 0.273 e. The molecule has 3 aromatic rings. The molecule has 3 rings (SSSR count). The maximum absolute atomic E-state index is 12.3. The van der Waals surface area contributed by atoms with Crippen LogP contribution in [0.4, 0.5) is 5.69 Å². The quantitative estimate of drug-likeness (QED) is 0.730. The number of rotatable bonds is 2. The van der Waals surface area contributed by atoms with Crippen LogP contribution in [0.25, 0.3) is 15.8 Å². The smallest absolute Gasteiger partial charge is 0.273 e. The minimum absolute atomic E-state index is 0.0440. The average Bonchev–Trinajstić information content (AvgIpc) is 2.76. The lowest BCUT2D eigenvalue weighted by atomic mass is 10.2. The molecule has 0 spiro atoms. The lowest BCUT2D eigenvalue weighted by molar-refractivity contribution is 0.415. The Kier molecular flexibility index (Phi) is 2.76. The Bertz CT molecular complexity index is 805. The van der Waals surface area contributed by atoms with Gasteiger partial charge in [-0.2, -0.15) is 0 Å². The zero-order chi connectivity index (χ0) is 13.4. The van der Waals surface area contributed by atoms with E-state index in [0.717, 1.165) is 4.70 Å². The Hall–Kier alpha value is -2.27. The third-order valence-electron chi connectivity index (χ3n) is 2.95. The van der Waals surface area contributed by atoms with Crippen molar-refractivity contribution >= 4 is 27.3 Å². The van der Waals surface area contributed by atoms with Crippen molar-refractivity contribution < 1.29 is 4.74 Å². The summed E-state index contributed by atoms with van der Waals surface area (Å²) in [6, 6.07) is 12.8. The number of ether oxygens (including phenoxy) is 1. The highest BCUT2D eigenvalue weighted by atomic mass is 32.1. The first-order valence-corrected chi connectivity index (χ1v) is 6.53. The second kappa shape index (κ2) is 4.44. The van der Waals surface area contributed by atoms with Gasteiger partial charge in [-0.15, -0.1) is 0 Å². The van der Waals surface area contributed by atoms with Crippen molar-refractivity contribution in [3.05, 3.63) is 52.8 Å². The summed E-state index contributed by atoms with van der Waals surface area (Å²) in [7, 11) is 1.58. The van der Waals surface area contributed by atoms with E-state index in [-0.39, 0.29) is 5.56 Å². The van der Waals surface area contributed by atoms with Crippen LogP contribution in [0.3, 0.4) is 0 Å². The number of nitrogens with zero attached hydrogens (tertiary/aromatic N) is 1. The molecule has 2 aromatic carbocycles. The number of benzene rings is 2. The number of hydrogen-bond donors (Lipinski definition) is 1. The van der Waals surface area contributed by atoms with Gasteiger partial charge in [0.15, 0.2) is 0 Å². The number of nitrogens with two attached hydrogens (primary N) is 1. The first kappa shape index (κ1) is 11.8. The molecule has 4 nitrogen and oxygen atoms in total. The summed E-state index contributed by atoms with van der Waals surface area (Å²) < 4.78 is 7.67. The van der Waals surface area contributed by atoms with Crippen LogP contribution in [0.1, 0.15) is 0 Å². The topological polar surface area (TPSA) is 57.2 Å². The molecule has 0 unspecified atom stereocenters. The summed E-state index contributed by atoms with van der Waals surface area (Å²) in [6.07, 6.45) is 0. The van der Waals surface area contributed by atoms with Crippen molar-refractivity contribution in [2.45, 2.75) is 0 Å². The number of methoxy groups -OCH3 is 1. The van der Waals surface area contributed by atoms with Gasteiger partial charge in [-0.25, -0.2) is 3.96 Å². The van der Waals surface area contributed by atoms with Gasteiger partial charge in [0.2, 0.25) is 0 Å². The van der Waals surface area contributed by atoms with Crippen LogP contribution in [-0.4, -0.2) is 11.1 Å². The van der Waals surface area contributed by atoms with Crippen molar-refractivity contribution in [1.82, 2.24) is 3.96 Å². The highest BCUT2D eigenvalue weighted by molar-refractivity contribution is 7.14. The third-order valence-corrected chi connectivity index (χ3v) is 4.04. The maximum atomic E-state index is 12.3. The standard InChI is InChI=1S/C14H12N2O2S/c1-18-9-6-7-12(11(15)8-9)16-14(17)10-4-2-3-5-13(10)19-16/h2-8H,15H2,1H3. The Morgan fingerprint density at radius 2 is 2.00 bits per heavy atom. The molecule has 0 saturated carbocycles. The van der Waals surface area contributed by atoms with E-state index >= 15 is 0 Å². The predicted molar refractivity (Wildman–Crippen MR) is 78.4 cm³/mol. The van der Waals surface area contributed by atoms with E-state index in [9.17, 15) is 4.79 Å². The minimum Gasteiger partial charge on any atom is -0.497 e. The molecule has 0 aliphatic heterocycles. The van der Waals surface area contributed by atoms with Gasteiger partial charge >= 0.3 is 0 Å². The molecule has 0 radical (unpaired) electrons. The summed E-state index contributed by atoms with van der Waals surface area (Å²) in [5, 5.41) is 0.711. The van der Waals surface area contributed by atoms with Gasteiger partial charge in [0.05, 0.1) is 28.6 Å². The Labute approximate surface area is 113 Å². The predicted octanol–water partition coefficient (Wildman–Crippen LogP) is 2.64. The highest BCUT2D eigenvalue weighted by Crippen LogP contribution is 2.26. The fourth-order valence-corrected chi connectivity index (χ4v) is 3.01. The summed E-state index contributed by atoms with van der Waals surface area (Å²) >= 11 is 1.39. The Balaban J connectivity index is 2.25. The molecule has 0 atom stereocenters. The Morgan fingerprint density at radius 3 is 2.68 bits per heavy atom. The van der Waals surface area contributed by atoms with E-state index in [1.165, 1.54) is 11.5 Å². The van der Waals surface area contributed by atoms with Gasteiger partial charge in [0.25, 0.3) is 5.56 Å². The van der Waals surface area contributed by atoms with Crippen molar-refractivity contribution in [2.75, 3.05) is 12.8 Å². The summed E-state index contributed by atoms with van der Waals surface area (Å²) in [6.45, 7) is 0. The van der Waals surface area contributed by atoms with E-state index in [0.29, 0.717) is 22.5 Å². The van der Waals surface area contributed by atoms with Crippen LogP contribution in [-0.2, 0) is 0 Å². The Morgan fingerprint density at radius 1 is 1.21 bits per heavy atom. The fourth-order valence-electron chi connectivity index (χ4n) is 1.98. The van der Waals surface area contributed by atoms with E-state index in [1.807, 2.05) is 24.3 Å². The van der Waals surface area contributed by atoms with E-state index in [2.05, 4.69) is 0 Å². The lowest BCUT2D eigenvalue weighted by Gasteiger charge is -2.06. The van der Waals surface area contributed by atoms with Gasteiger partial charge in [-0.05, 0) is 24.3 Å². The van der Waals surface area contributed by atoms with Crippen LogP contribution < -0.4 is 16.0 Å². The van der Waals surface area contributed by atoms with E-state index in [1.54, 1.807) is 29.3 Å². The van der Waals surface area contributed by atoms with Crippen molar-refractivity contribution in [3.63, 3.8) is 0 Å². The monoisotopic (exact) mass is 272 g/mol. The zero-order valence-electron chi connectivity index (χ0n) is 10.3. The molecule has 5 heteroatoms. The highest BCUT2D eigenvalue weighted by Gasteiger charge is 2.11. The van der Waals surface area contributed by atoms with Crippen LogP contribution in [0.15, 0.2) is 47.3 Å². The summed E-state index contributed by atoms with van der Waals surface area (Å²) in [4.78, 5) is 12.3.